The van der Waals surface area contributed by atoms with E-state index in [1.807, 2.05) is 18.2 Å². The fourth-order valence-electron chi connectivity index (χ4n) is 1.57. The Bertz CT molecular complexity index is 359. The van der Waals surface area contributed by atoms with Crippen molar-refractivity contribution in [1.29, 1.82) is 0 Å². The van der Waals surface area contributed by atoms with Gasteiger partial charge in [0, 0.05) is 18.7 Å². The summed E-state index contributed by atoms with van der Waals surface area (Å²) in [5.41, 5.74) is 7.79. The summed E-state index contributed by atoms with van der Waals surface area (Å²) in [5.74, 6) is 0.882. The number of ether oxygens (including phenoxy) is 1. The summed E-state index contributed by atoms with van der Waals surface area (Å²) in [6, 6.07) is 6.21. The first-order valence-electron chi connectivity index (χ1n) is 5.35. The normalized spacial score (nSPS) is 11.3. The number of nitrogens with zero attached hydrogens (tertiary/aromatic N) is 1. The van der Waals surface area contributed by atoms with Gasteiger partial charge in [0.25, 0.3) is 0 Å². The maximum absolute atomic E-state index is 5.45. The van der Waals surface area contributed by atoms with Crippen LogP contribution < -0.4 is 10.5 Å². The Morgan fingerprint density at radius 3 is 2.69 bits per heavy atom. The standard InChI is InChI=1S/C13H20N2O/c1-15(2)10-11-6-7-13(16-3)12(9-11)5-4-8-14/h4-7,9H,8,10,14H2,1-3H3/b5-4+. The predicted octanol–water partition coefficient (Wildman–Crippen LogP) is 1.73. The van der Waals surface area contributed by atoms with Crippen LogP contribution in [0.2, 0.25) is 0 Å². The first kappa shape index (κ1) is 12.7. The third kappa shape index (κ3) is 3.68. The van der Waals surface area contributed by atoms with Crippen LogP contribution in [0.1, 0.15) is 11.1 Å². The van der Waals surface area contributed by atoms with Gasteiger partial charge in [-0.25, -0.2) is 0 Å². The number of nitrogens with two attached hydrogens (primary N) is 1. The van der Waals surface area contributed by atoms with Crippen LogP contribution in [0.15, 0.2) is 24.3 Å². The molecule has 0 unspecified atom stereocenters. The lowest BCUT2D eigenvalue weighted by atomic mass is 10.1. The summed E-state index contributed by atoms with van der Waals surface area (Å²) in [6.45, 7) is 1.47. The Morgan fingerprint density at radius 1 is 1.38 bits per heavy atom. The molecule has 1 aromatic carbocycles. The number of hydrogen-bond donors (Lipinski definition) is 1. The molecule has 0 saturated heterocycles. The lowest BCUT2D eigenvalue weighted by Gasteiger charge is -2.12. The van der Waals surface area contributed by atoms with Crippen molar-refractivity contribution in [3.8, 4) is 5.75 Å². The summed E-state index contributed by atoms with van der Waals surface area (Å²) in [5, 5.41) is 0. The largest absolute Gasteiger partial charge is 0.496 e. The van der Waals surface area contributed by atoms with Crippen molar-refractivity contribution in [2.45, 2.75) is 6.54 Å². The van der Waals surface area contributed by atoms with Gasteiger partial charge in [0.05, 0.1) is 7.11 Å². The maximum Gasteiger partial charge on any atom is 0.126 e. The van der Waals surface area contributed by atoms with E-state index in [2.05, 4.69) is 31.1 Å². The molecule has 0 bridgehead atoms. The van der Waals surface area contributed by atoms with Crippen molar-refractivity contribution in [2.75, 3.05) is 27.7 Å². The number of benzene rings is 1. The number of rotatable bonds is 5. The Balaban J connectivity index is 2.96. The highest BCUT2D eigenvalue weighted by Gasteiger charge is 2.02. The highest BCUT2D eigenvalue weighted by atomic mass is 16.5. The second kappa shape index (κ2) is 6.30. The van der Waals surface area contributed by atoms with Crippen LogP contribution in [0.3, 0.4) is 0 Å². The monoisotopic (exact) mass is 220 g/mol. The summed E-state index contributed by atoms with van der Waals surface area (Å²) in [6.07, 6.45) is 3.93. The smallest absolute Gasteiger partial charge is 0.126 e. The minimum absolute atomic E-state index is 0.543. The van der Waals surface area contributed by atoms with Gasteiger partial charge in [0.2, 0.25) is 0 Å². The summed E-state index contributed by atoms with van der Waals surface area (Å²) in [4.78, 5) is 2.14. The average Bonchev–Trinajstić information content (AvgIpc) is 2.25. The molecule has 2 N–H and O–H groups in total. The molecule has 88 valence electrons. The third-order valence-corrected chi connectivity index (χ3v) is 2.23. The minimum atomic E-state index is 0.543. The van der Waals surface area contributed by atoms with E-state index in [4.69, 9.17) is 10.5 Å². The van der Waals surface area contributed by atoms with Gasteiger partial charge in [-0.15, -0.1) is 0 Å². The molecule has 0 fully saturated rings. The molecule has 0 aliphatic heterocycles. The van der Waals surface area contributed by atoms with Crippen LogP contribution in [-0.4, -0.2) is 32.6 Å². The number of hydrogen-bond acceptors (Lipinski definition) is 3. The first-order chi connectivity index (χ1) is 7.67. The molecule has 1 aromatic rings. The highest BCUT2D eigenvalue weighted by molar-refractivity contribution is 5.58. The maximum atomic E-state index is 5.45. The van der Waals surface area contributed by atoms with E-state index in [0.717, 1.165) is 17.9 Å². The molecule has 1 rings (SSSR count). The second-order valence-corrected chi connectivity index (χ2v) is 3.95. The fourth-order valence-corrected chi connectivity index (χ4v) is 1.57. The molecular weight excluding hydrogens is 200 g/mol. The minimum Gasteiger partial charge on any atom is -0.496 e. The SMILES string of the molecule is COc1ccc(CN(C)C)cc1/C=C/CN. The zero-order valence-electron chi connectivity index (χ0n) is 10.2. The summed E-state index contributed by atoms with van der Waals surface area (Å²) < 4.78 is 5.30. The molecule has 0 radical (unpaired) electrons. The molecule has 0 spiro atoms. The second-order valence-electron chi connectivity index (χ2n) is 3.95. The van der Waals surface area contributed by atoms with Gasteiger partial charge in [0.1, 0.15) is 5.75 Å². The van der Waals surface area contributed by atoms with E-state index >= 15 is 0 Å². The van der Waals surface area contributed by atoms with Gasteiger partial charge in [-0.1, -0.05) is 18.2 Å². The van der Waals surface area contributed by atoms with Crippen LogP contribution in [0, 0.1) is 0 Å². The molecule has 0 atom stereocenters. The molecule has 3 heteroatoms. The van der Waals surface area contributed by atoms with Crippen LogP contribution in [0.5, 0.6) is 5.75 Å². The molecule has 0 aliphatic rings. The molecule has 0 heterocycles. The Morgan fingerprint density at radius 2 is 2.12 bits per heavy atom. The van der Waals surface area contributed by atoms with Crippen molar-refractivity contribution >= 4 is 6.08 Å². The van der Waals surface area contributed by atoms with Crippen molar-refractivity contribution in [2.24, 2.45) is 5.73 Å². The predicted molar refractivity (Wildman–Crippen MR) is 68.5 cm³/mol. The summed E-state index contributed by atoms with van der Waals surface area (Å²) in [7, 11) is 5.79. The molecule has 0 aromatic heterocycles. The van der Waals surface area contributed by atoms with Gasteiger partial charge in [-0.2, -0.15) is 0 Å². The Hall–Kier alpha value is -1.32. The highest BCUT2D eigenvalue weighted by Crippen LogP contribution is 2.21. The van der Waals surface area contributed by atoms with Crippen LogP contribution in [0.25, 0.3) is 6.08 Å². The van der Waals surface area contributed by atoms with Gasteiger partial charge >= 0.3 is 0 Å². The van der Waals surface area contributed by atoms with Gasteiger partial charge < -0.3 is 15.4 Å². The molecule has 0 amide bonds. The molecule has 0 aliphatic carbocycles. The van der Waals surface area contributed by atoms with Crippen molar-refractivity contribution in [1.82, 2.24) is 4.90 Å². The zero-order chi connectivity index (χ0) is 12.0. The van der Waals surface area contributed by atoms with E-state index < -0.39 is 0 Å². The van der Waals surface area contributed by atoms with E-state index in [1.54, 1.807) is 7.11 Å². The third-order valence-electron chi connectivity index (χ3n) is 2.23. The topological polar surface area (TPSA) is 38.5 Å². The van der Waals surface area contributed by atoms with E-state index in [-0.39, 0.29) is 0 Å². The van der Waals surface area contributed by atoms with Crippen LogP contribution in [0.4, 0.5) is 0 Å². The quantitative estimate of drug-likeness (QED) is 0.821. The van der Waals surface area contributed by atoms with E-state index in [0.29, 0.717) is 6.54 Å². The van der Waals surface area contributed by atoms with Gasteiger partial charge in [0.15, 0.2) is 0 Å². The van der Waals surface area contributed by atoms with E-state index in [9.17, 15) is 0 Å². The first-order valence-corrected chi connectivity index (χ1v) is 5.35. The van der Waals surface area contributed by atoms with Crippen molar-refractivity contribution < 1.29 is 4.74 Å². The van der Waals surface area contributed by atoms with Crippen LogP contribution >= 0.6 is 0 Å². The van der Waals surface area contributed by atoms with Crippen molar-refractivity contribution in [3.05, 3.63) is 35.4 Å². The van der Waals surface area contributed by atoms with Crippen LogP contribution in [-0.2, 0) is 6.54 Å². The molecule has 16 heavy (non-hydrogen) atoms. The molecule has 0 saturated carbocycles. The lowest BCUT2D eigenvalue weighted by molar-refractivity contribution is 0.399. The Kier molecular flexibility index (Phi) is 5.02. The number of methoxy groups -OCH3 is 1. The average molecular weight is 220 g/mol. The van der Waals surface area contributed by atoms with Gasteiger partial charge in [-0.3, -0.25) is 0 Å². The Labute approximate surface area is 97.5 Å². The van der Waals surface area contributed by atoms with E-state index in [1.165, 1.54) is 5.56 Å². The lowest BCUT2D eigenvalue weighted by Crippen LogP contribution is -2.10. The molecular formula is C13H20N2O. The fraction of sp³-hybridized carbons (Fsp3) is 0.385. The molecule has 3 nitrogen and oxygen atoms in total. The van der Waals surface area contributed by atoms with Gasteiger partial charge in [-0.05, 0) is 31.8 Å². The van der Waals surface area contributed by atoms with Crippen molar-refractivity contribution in [3.63, 3.8) is 0 Å². The summed E-state index contributed by atoms with van der Waals surface area (Å²) >= 11 is 0. The zero-order valence-corrected chi connectivity index (χ0v) is 10.2.